The Morgan fingerprint density at radius 3 is 2.46 bits per heavy atom. The molecule has 1 aliphatic heterocycles. The first kappa shape index (κ1) is 16.6. The fourth-order valence-electron chi connectivity index (χ4n) is 3.09. The van der Waals surface area contributed by atoms with Crippen molar-refractivity contribution in [1.29, 1.82) is 0 Å². The molecule has 0 aliphatic carbocycles. The zero-order valence-electron chi connectivity index (χ0n) is 14.5. The number of fused-ring (bicyclic) bond motifs is 1. The third-order valence-electron chi connectivity index (χ3n) is 4.19. The highest BCUT2D eigenvalue weighted by atomic mass is 16.6. The van der Waals surface area contributed by atoms with Crippen molar-refractivity contribution in [3.63, 3.8) is 0 Å². The lowest BCUT2D eigenvalue weighted by molar-refractivity contribution is -0.129. The van der Waals surface area contributed by atoms with Gasteiger partial charge in [-0.3, -0.25) is 9.36 Å². The number of benzene rings is 1. The fraction of sp³-hybridized carbons (Fsp3) is 0.474. The van der Waals surface area contributed by atoms with Crippen LogP contribution in [-0.4, -0.2) is 40.2 Å². The molecule has 2 aromatic rings. The van der Waals surface area contributed by atoms with E-state index in [0.29, 0.717) is 6.42 Å². The van der Waals surface area contributed by atoms with Crippen LogP contribution in [-0.2, 0) is 16.0 Å². The third kappa shape index (κ3) is 3.45. The predicted molar refractivity (Wildman–Crippen MR) is 93.1 cm³/mol. The highest BCUT2D eigenvalue weighted by Gasteiger charge is 2.23. The molecule has 1 aromatic carbocycles. The van der Waals surface area contributed by atoms with Crippen molar-refractivity contribution >= 4 is 22.9 Å². The standard InChI is InChI=1S/C19H24N2O3/c1-19(2,3)24-18(23)21-13-14(15-8-4-5-9-16(15)21)12-17(22)20-10-6-7-11-20/h4-5,8-9,13H,6-7,10-12H2,1-3H3. The van der Waals surface area contributed by atoms with Crippen LogP contribution >= 0.6 is 0 Å². The van der Waals surface area contributed by atoms with Gasteiger partial charge in [-0.25, -0.2) is 4.79 Å². The van der Waals surface area contributed by atoms with Crippen LogP contribution in [0.4, 0.5) is 4.79 Å². The smallest absolute Gasteiger partial charge is 0.419 e. The van der Waals surface area contributed by atoms with Gasteiger partial charge in [0.05, 0.1) is 11.9 Å². The van der Waals surface area contributed by atoms with Crippen LogP contribution in [0.2, 0.25) is 0 Å². The minimum atomic E-state index is -0.562. The van der Waals surface area contributed by atoms with Gasteiger partial charge < -0.3 is 9.64 Å². The Hall–Kier alpha value is -2.30. The van der Waals surface area contributed by atoms with Crippen LogP contribution < -0.4 is 0 Å². The van der Waals surface area contributed by atoms with Gasteiger partial charge in [-0.2, -0.15) is 0 Å². The van der Waals surface area contributed by atoms with E-state index in [1.54, 1.807) is 6.20 Å². The lowest BCUT2D eigenvalue weighted by Gasteiger charge is -2.19. The van der Waals surface area contributed by atoms with E-state index in [1.165, 1.54) is 4.57 Å². The van der Waals surface area contributed by atoms with Crippen LogP contribution in [0.3, 0.4) is 0 Å². The average molecular weight is 328 g/mol. The zero-order valence-corrected chi connectivity index (χ0v) is 14.5. The third-order valence-corrected chi connectivity index (χ3v) is 4.19. The molecule has 128 valence electrons. The second-order valence-corrected chi connectivity index (χ2v) is 7.29. The SMILES string of the molecule is CC(C)(C)OC(=O)n1cc(CC(=O)N2CCCC2)c2ccccc21. The summed E-state index contributed by atoms with van der Waals surface area (Å²) in [4.78, 5) is 26.8. The van der Waals surface area contributed by atoms with Gasteiger partial charge >= 0.3 is 6.09 Å². The molecule has 0 bridgehead atoms. The van der Waals surface area contributed by atoms with Gasteiger partial charge in [0, 0.05) is 24.7 Å². The number of aromatic nitrogens is 1. The largest absolute Gasteiger partial charge is 0.443 e. The predicted octanol–water partition coefficient (Wildman–Crippen LogP) is 3.59. The molecule has 5 heteroatoms. The number of hydrogen-bond acceptors (Lipinski definition) is 3. The van der Waals surface area contributed by atoms with Crippen molar-refractivity contribution in [1.82, 2.24) is 9.47 Å². The Morgan fingerprint density at radius 1 is 1.12 bits per heavy atom. The number of para-hydroxylation sites is 1. The average Bonchev–Trinajstić information content (AvgIpc) is 3.14. The first-order chi connectivity index (χ1) is 11.3. The molecule has 2 heterocycles. The number of amides is 1. The summed E-state index contributed by atoms with van der Waals surface area (Å²) in [6, 6.07) is 7.63. The maximum Gasteiger partial charge on any atom is 0.419 e. The van der Waals surface area contributed by atoms with Gasteiger partial charge in [-0.05, 0) is 45.2 Å². The summed E-state index contributed by atoms with van der Waals surface area (Å²) >= 11 is 0. The van der Waals surface area contributed by atoms with Gasteiger partial charge in [0.25, 0.3) is 0 Å². The zero-order chi connectivity index (χ0) is 17.3. The molecule has 0 radical (unpaired) electrons. The molecule has 0 N–H and O–H groups in total. The summed E-state index contributed by atoms with van der Waals surface area (Å²) in [7, 11) is 0. The number of rotatable bonds is 2. The fourth-order valence-corrected chi connectivity index (χ4v) is 3.09. The van der Waals surface area contributed by atoms with E-state index in [-0.39, 0.29) is 5.91 Å². The maximum absolute atomic E-state index is 12.5. The van der Waals surface area contributed by atoms with Gasteiger partial charge in [0.15, 0.2) is 0 Å². The van der Waals surface area contributed by atoms with Crippen molar-refractivity contribution in [2.75, 3.05) is 13.1 Å². The molecular weight excluding hydrogens is 304 g/mol. The van der Waals surface area contributed by atoms with Crippen molar-refractivity contribution in [2.45, 2.75) is 45.6 Å². The molecule has 1 fully saturated rings. The lowest BCUT2D eigenvalue weighted by atomic mass is 10.1. The lowest BCUT2D eigenvalue weighted by Crippen LogP contribution is -2.29. The highest BCUT2D eigenvalue weighted by molar-refractivity contribution is 5.94. The van der Waals surface area contributed by atoms with Gasteiger partial charge in [-0.1, -0.05) is 18.2 Å². The number of likely N-dealkylation sites (tertiary alicyclic amines) is 1. The van der Waals surface area contributed by atoms with Gasteiger partial charge in [-0.15, -0.1) is 0 Å². The Morgan fingerprint density at radius 2 is 1.79 bits per heavy atom. The van der Waals surface area contributed by atoms with Crippen molar-refractivity contribution in [3.8, 4) is 0 Å². The summed E-state index contributed by atoms with van der Waals surface area (Å²) in [6.07, 6.45) is 3.79. The second-order valence-electron chi connectivity index (χ2n) is 7.29. The molecule has 3 rings (SSSR count). The minimum absolute atomic E-state index is 0.125. The van der Waals surface area contributed by atoms with E-state index in [2.05, 4.69) is 0 Å². The van der Waals surface area contributed by atoms with E-state index in [4.69, 9.17) is 4.74 Å². The maximum atomic E-state index is 12.5. The van der Waals surface area contributed by atoms with Crippen LogP contribution in [0.1, 0.15) is 39.2 Å². The monoisotopic (exact) mass is 328 g/mol. The first-order valence-corrected chi connectivity index (χ1v) is 8.45. The van der Waals surface area contributed by atoms with E-state index in [9.17, 15) is 9.59 Å². The molecule has 0 unspecified atom stereocenters. The Bertz CT molecular complexity index is 765. The second kappa shape index (κ2) is 6.30. The summed E-state index contributed by atoms with van der Waals surface area (Å²) in [5.41, 5.74) is 1.08. The van der Waals surface area contributed by atoms with Crippen molar-refractivity contribution < 1.29 is 14.3 Å². The van der Waals surface area contributed by atoms with Crippen LogP contribution in [0.25, 0.3) is 10.9 Å². The molecular formula is C19H24N2O3. The molecule has 5 nitrogen and oxygen atoms in total. The highest BCUT2D eigenvalue weighted by Crippen LogP contribution is 2.24. The molecule has 0 atom stereocenters. The Balaban J connectivity index is 1.91. The summed E-state index contributed by atoms with van der Waals surface area (Å²) in [6.45, 7) is 7.20. The Kier molecular flexibility index (Phi) is 4.35. The van der Waals surface area contributed by atoms with Crippen molar-refractivity contribution in [3.05, 3.63) is 36.0 Å². The summed E-state index contributed by atoms with van der Waals surface area (Å²) in [5.74, 6) is 0.125. The number of hydrogen-bond donors (Lipinski definition) is 0. The van der Waals surface area contributed by atoms with E-state index >= 15 is 0 Å². The first-order valence-electron chi connectivity index (χ1n) is 8.45. The van der Waals surface area contributed by atoms with Crippen LogP contribution in [0.15, 0.2) is 30.5 Å². The van der Waals surface area contributed by atoms with Gasteiger partial charge in [0.1, 0.15) is 5.60 Å². The number of carbonyl (C=O) groups is 2. The normalized spacial score (nSPS) is 15.0. The molecule has 1 saturated heterocycles. The number of nitrogens with zero attached hydrogens (tertiary/aromatic N) is 2. The van der Waals surface area contributed by atoms with Crippen LogP contribution in [0, 0.1) is 0 Å². The molecule has 1 aliphatic rings. The number of ether oxygens (including phenoxy) is 1. The topological polar surface area (TPSA) is 51.5 Å². The molecule has 1 amide bonds. The minimum Gasteiger partial charge on any atom is -0.443 e. The van der Waals surface area contributed by atoms with Crippen molar-refractivity contribution in [2.24, 2.45) is 0 Å². The summed E-state index contributed by atoms with van der Waals surface area (Å²) in [5, 5.41) is 0.927. The van der Waals surface area contributed by atoms with E-state index < -0.39 is 11.7 Å². The Labute approximate surface area is 142 Å². The molecule has 24 heavy (non-hydrogen) atoms. The molecule has 0 saturated carbocycles. The quantitative estimate of drug-likeness (QED) is 0.846. The van der Waals surface area contributed by atoms with Gasteiger partial charge in [0.2, 0.25) is 5.91 Å². The summed E-state index contributed by atoms with van der Waals surface area (Å²) < 4.78 is 6.99. The number of carbonyl (C=O) groups excluding carboxylic acids is 2. The van der Waals surface area contributed by atoms with Crippen LogP contribution in [0.5, 0.6) is 0 Å². The molecule has 0 spiro atoms. The van der Waals surface area contributed by atoms with E-state index in [0.717, 1.165) is 42.4 Å². The molecule has 1 aromatic heterocycles. The van der Waals surface area contributed by atoms with E-state index in [1.807, 2.05) is 49.9 Å².